The zero-order valence-corrected chi connectivity index (χ0v) is 11.6. The molecule has 0 heterocycles. The van der Waals surface area contributed by atoms with Gasteiger partial charge < -0.3 is 10.6 Å². The van der Waals surface area contributed by atoms with Gasteiger partial charge in [-0.05, 0) is 31.9 Å². The number of amides is 1. The summed E-state index contributed by atoms with van der Waals surface area (Å²) in [5.41, 5.74) is -0.144. The van der Waals surface area contributed by atoms with Crippen molar-refractivity contribution in [2.75, 3.05) is 11.9 Å². The van der Waals surface area contributed by atoms with Crippen molar-refractivity contribution in [2.24, 2.45) is 0 Å². The summed E-state index contributed by atoms with van der Waals surface area (Å²) >= 11 is 0. The minimum absolute atomic E-state index is 0.0345. The van der Waals surface area contributed by atoms with Crippen molar-refractivity contribution < 1.29 is 13.6 Å². The Bertz CT molecular complexity index is 462. The van der Waals surface area contributed by atoms with Crippen LogP contribution in [0.2, 0.25) is 0 Å². The highest BCUT2D eigenvalue weighted by molar-refractivity contribution is 5.94. The number of halogens is 2. The number of rotatable bonds is 4. The van der Waals surface area contributed by atoms with E-state index in [-0.39, 0.29) is 17.3 Å². The largest absolute Gasteiger partial charge is 0.381 e. The second-order valence-electron chi connectivity index (χ2n) is 5.15. The lowest BCUT2D eigenvalue weighted by Gasteiger charge is -2.22. The predicted molar refractivity (Wildman–Crippen MR) is 74.9 cm³/mol. The first-order valence-corrected chi connectivity index (χ1v) is 7.15. The van der Waals surface area contributed by atoms with Crippen LogP contribution in [0.1, 0.15) is 49.4 Å². The van der Waals surface area contributed by atoms with E-state index < -0.39 is 17.5 Å². The van der Waals surface area contributed by atoms with Gasteiger partial charge in [-0.2, -0.15) is 0 Å². The molecule has 1 aliphatic rings. The molecular formula is C15H20F2N2O. The van der Waals surface area contributed by atoms with Crippen molar-refractivity contribution in [2.45, 2.75) is 45.1 Å². The minimum Gasteiger partial charge on any atom is -0.381 e. The molecule has 2 N–H and O–H groups in total. The van der Waals surface area contributed by atoms with Gasteiger partial charge in [-0.15, -0.1) is 0 Å². The third-order valence-electron chi connectivity index (χ3n) is 3.60. The summed E-state index contributed by atoms with van der Waals surface area (Å²) in [5.74, 6) is -1.88. The van der Waals surface area contributed by atoms with E-state index in [4.69, 9.17) is 0 Å². The predicted octanol–water partition coefficient (Wildman–Crippen LogP) is 3.46. The second-order valence-corrected chi connectivity index (χ2v) is 5.15. The monoisotopic (exact) mass is 282 g/mol. The standard InChI is InChI=1S/C15H20F2N2O/c1-2-18-14-12(16)8-10(9-13(14)17)15(20)19-11-6-4-3-5-7-11/h8-9,11,18H,2-7H2,1H3,(H,19,20). The SMILES string of the molecule is CCNc1c(F)cc(C(=O)NC2CCCCC2)cc1F. The highest BCUT2D eigenvalue weighted by Crippen LogP contribution is 2.22. The number of anilines is 1. The Morgan fingerprint density at radius 3 is 2.35 bits per heavy atom. The topological polar surface area (TPSA) is 41.1 Å². The van der Waals surface area contributed by atoms with Crippen LogP contribution < -0.4 is 10.6 Å². The zero-order chi connectivity index (χ0) is 14.5. The molecule has 1 amide bonds. The molecule has 0 spiro atoms. The first kappa shape index (κ1) is 14.8. The molecule has 0 unspecified atom stereocenters. The Labute approximate surface area is 117 Å². The molecule has 110 valence electrons. The molecule has 3 nitrogen and oxygen atoms in total. The van der Waals surface area contributed by atoms with Gasteiger partial charge in [-0.1, -0.05) is 19.3 Å². The maximum absolute atomic E-state index is 13.8. The number of carbonyl (C=O) groups is 1. The van der Waals surface area contributed by atoms with E-state index in [0.717, 1.165) is 37.8 Å². The van der Waals surface area contributed by atoms with Crippen molar-refractivity contribution in [1.29, 1.82) is 0 Å². The molecule has 1 aromatic carbocycles. The first-order chi connectivity index (χ1) is 9.61. The molecule has 0 aromatic heterocycles. The summed E-state index contributed by atoms with van der Waals surface area (Å²) in [6, 6.07) is 2.29. The lowest BCUT2D eigenvalue weighted by molar-refractivity contribution is 0.0927. The quantitative estimate of drug-likeness (QED) is 0.888. The van der Waals surface area contributed by atoms with Crippen LogP contribution in [-0.2, 0) is 0 Å². The fourth-order valence-electron chi connectivity index (χ4n) is 2.57. The Hall–Kier alpha value is -1.65. The van der Waals surface area contributed by atoms with E-state index in [1.54, 1.807) is 6.92 Å². The molecule has 0 radical (unpaired) electrons. The van der Waals surface area contributed by atoms with E-state index >= 15 is 0 Å². The van der Waals surface area contributed by atoms with E-state index in [1.165, 1.54) is 6.42 Å². The molecule has 0 aliphatic heterocycles. The van der Waals surface area contributed by atoms with Gasteiger partial charge in [0.15, 0.2) is 0 Å². The summed E-state index contributed by atoms with van der Waals surface area (Å²) in [7, 11) is 0. The average Bonchev–Trinajstić information content (AvgIpc) is 2.43. The summed E-state index contributed by atoms with van der Waals surface area (Å²) in [6.07, 6.45) is 5.24. The lowest BCUT2D eigenvalue weighted by Crippen LogP contribution is -2.36. The normalized spacial score (nSPS) is 15.9. The third kappa shape index (κ3) is 3.46. The molecule has 1 aliphatic carbocycles. The molecule has 0 atom stereocenters. The van der Waals surface area contributed by atoms with Crippen molar-refractivity contribution >= 4 is 11.6 Å². The van der Waals surface area contributed by atoms with Crippen molar-refractivity contribution in [1.82, 2.24) is 5.32 Å². The van der Waals surface area contributed by atoms with E-state index in [0.29, 0.717) is 6.54 Å². The fraction of sp³-hybridized carbons (Fsp3) is 0.533. The maximum Gasteiger partial charge on any atom is 0.251 e. The van der Waals surface area contributed by atoms with Gasteiger partial charge in [0.2, 0.25) is 0 Å². The van der Waals surface area contributed by atoms with E-state index in [9.17, 15) is 13.6 Å². The van der Waals surface area contributed by atoms with Crippen LogP contribution in [0, 0.1) is 11.6 Å². The van der Waals surface area contributed by atoms with Crippen LogP contribution in [0.3, 0.4) is 0 Å². The summed E-state index contributed by atoms with van der Waals surface area (Å²) in [4.78, 5) is 12.0. The fourth-order valence-corrected chi connectivity index (χ4v) is 2.57. The van der Waals surface area contributed by atoms with Gasteiger partial charge in [0.05, 0.1) is 0 Å². The Morgan fingerprint density at radius 2 is 1.80 bits per heavy atom. The molecule has 0 saturated heterocycles. The number of carbonyl (C=O) groups excluding carboxylic acids is 1. The number of hydrogen-bond acceptors (Lipinski definition) is 2. The molecule has 2 rings (SSSR count). The van der Waals surface area contributed by atoms with Gasteiger partial charge in [0, 0.05) is 18.2 Å². The minimum atomic E-state index is -0.736. The summed E-state index contributed by atoms with van der Waals surface area (Å²) in [6.45, 7) is 2.17. The van der Waals surface area contributed by atoms with Gasteiger partial charge in [0.1, 0.15) is 17.3 Å². The Morgan fingerprint density at radius 1 is 1.20 bits per heavy atom. The summed E-state index contributed by atoms with van der Waals surface area (Å²) in [5, 5.41) is 5.46. The average molecular weight is 282 g/mol. The molecule has 20 heavy (non-hydrogen) atoms. The van der Waals surface area contributed by atoms with Crippen molar-refractivity contribution in [3.63, 3.8) is 0 Å². The van der Waals surface area contributed by atoms with Crippen molar-refractivity contribution in [3.8, 4) is 0 Å². The zero-order valence-electron chi connectivity index (χ0n) is 11.6. The molecule has 5 heteroatoms. The number of hydrogen-bond donors (Lipinski definition) is 2. The molecular weight excluding hydrogens is 262 g/mol. The van der Waals surface area contributed by atoms with Gasteiger partial charge in [-0.3, -0.25) is 4.79 Å². The molecule has 1 fully saturated rings. The van der Waals surface area contributed by atoms with Gasteiger partial charge in [0.25, 0.3) is 5.91 Å². The molecule has 1 saturated carbocycles. The highest BCUT2D eigenvalue weighted by Gasteiger charge is 2.19. The van der Waals surface area contributed by atoms with Crippen LogP contribution in [0.4, 0.5) is 14.5 Å². The highest BCUT2D eigenvalue weighted by atomic mass is 19.1. The number of benzene rings is 1. The summed E-state index contributed by atoms with van der Waals surface area (Å²) < 4.78 is 27.5. The van der Waals surface area contributed by atoms with Crippen LogP contribution in [0.15, 0.2) is 12.1 Å². The smallest absolute Gasteiger partial charge is 0.251 e. The lowest BCUT2D eigenvalue weighted by atomic mass is 9.95. The Kier molecular flexibility index (Phi) is 4.93. The molecule has 1 aromatic rings. The van der Waals surface area contributed by atoms with Crippen molar-refractivity contribution in [3.05, 3.63) is 29.3 Å². The third-order valence-corrected chi connectivity index (χ3v) is 3.60. The van der Waals surface area contributed by atoms with Gasteiger partial charge >= 0.3 is 0 Å². The molecule has 0 bridgehead atoms. The van der Waals surface area contributed by atoms with Crippen LogP contribution in [0.25, 0.3) is 0 Å². The van der Waals surface area contributed by atoms with E-state index in [2.05, 4.69) is 10.6 Å². The number of nitrogens with one attached hydrogen (secondary N) is 2. The van der Waals surface area contributed by atoms with Gasteiger partial charge in [-0.25, -0.2) is 8.78 Å². The second kappa shape index (κ2) is 6.68. The van der Waals surface area contributed by atoms with Crippen LogP contribution in [0.5, 0.6) is 0 Å². The van der Waals surface area contributed by atoms with E-state index in [1.807, 2.05) is 0 Å². The Balaban J connectivity index is 2.09. The van der Waals surface area contributed by atoms with Crippen LogP contribution >= 0.6 is 0 Å². The maximum atomic E-state index is 13.8. The first-order valence-electron chi connectivity index (χ1n) is 7.15. The van der Waals surface area contributed by atoms with Crippen LogP contribution in [-0.4, -0.2) is 18.5 Å².